The van der Waals surface area contributed by atoms with Crippen LogP contribution in [0, 0.1) is 0 Å². The van der Waals surface area contributed by atoms with Crippen molar-refractivity contribution in [2.24, 2.45) is 0 Å². The van der Waals surface area contributed by atoms with E-state index in [-0.39, 0.29) is 0 Å². The summed E-state index contributed by atoms with van der Waals surface area (Å²) in [5.74, 6) is 2.37. The summed E-state index contributed by atoms with van der Waals surface area (Å²) in [6, 6.07) is 22.1. The van der Waals surface area contributed by atoms with E-state index in [1.165, 1.54) is 0 Å². The summed E-state index contributed by atoms with van der Waals surface area (Å²) in [6.45, 7) is 0. The fraction of sp³-hybridized carbons (Fsp3) is 0.0800. The van der Waals surface area contributed by atoms with Crippen LogP contribution in [0.3, 0.4) is 0 Å². The molecule has 0 amide bonds. The van der Waals surface area contributed by atoms with Gasteiger partial charge in [0.1, 0.15) is 17.3 Å². The predicted molar refractivity (Wildman–Crippen MR) is 128 cm³/mol. The molecule has 0 spiro atoms. The van der Waals surface area contributed by atoms with Gasteiger partial charge >= 0.3 is 0 Å². The first-order valence-electron chi connectivity index (χ1n) is 9.82. The molecule has 2 N–H and O–H groups in total. The molecule has 5 nitrogen and oxygen atoms in total. The maximum atomic E-state index is 5.44. The molecule has 0 saturated heterocycles. The van der Waals surface area contributed by atoms with Gasteiger partial charge in [0.2, 0.25) is 0 Å². The lowest BCUT2D eigenvalue weighted by molar-refractivity contribution is 0.415. The van der Waals surface area contributed by atoms with Crippen molar-refractivity contribution in [2.45, 2.75) is 0 Å². The second-order valence-corrected chi connectivity index (χ2v) is 8.08. The second-order valence-electron chi connectivity index (χ2n) is 7.17. The highest BCUT2D eigenvalue weighted by molar-refractivity contribution is 9.10. The molecule has 0 aliphatic carbocycles. The van der Waals surface area contributed by atoms with E-state index in [4.69, 9.17) is 14.5 Å². The molecule has 0 aliphatic heterocycles. The fourth-order valence-corrected chi connectivity index (χ4v) is 4.12. The Morgan fingerprint density at radius 3 is 2.29 bits per heavy atom. The van der Waals surface area contributed by atoms with Crippen LogP contribution in [0.15, 0.2) is 77.4 Å². The highest BCUT2D eigenvalue weighted by atomic mass is 79.9. The van der Waals surface area contributed by atoms with Crippen molar-refractivity contribution in [2.75, 3.05) is 14.2 Å². The Bertz CT molecular complexity index is 1320. The molecular weight excluding hydrogens is 454 g/mol. The third kappa shape index (κ3) is 3.59. The number of halogens is 1. The zero-order valence-corrected chi connectivity index (χ0v) is 18.7. The number of rotatable bonds is 5. The normalized spacial score (nSPS) is 11.1. The third-order valence-corrected chi connectivity index (χ3v) is 5.80. The van der Waals surface area contributed by atoms with Crippen molar-refractivity contribution in [3.63, 3.8) is 0 Å². The van der Waals surface area contributed by atoms with E-state index < -0.39 is 0 Å². The lowest BCUT2D eigenvalue weighted by atomic mass is 10.0. The number of imidazole rings is 1. The lowest BCUT2D eigenvalue weighted by Gasteiger charge is -2.07. The highest BCUT2D eigenvalue weighted by Gasteiger charge is 2.18. The number of aromatic nitrogens is 3. The van der Waals surface area contributed by atoms with Crippen LogP contribution in [0.1, 0.15) is 0 Å². The number of nitrogens with one attached hydrogen (secondary N) is 2. The molecule has 2 aromatic heterocycles. The van der Waals surface area contributed by atoms with Crippen LogP contribution in [0.4, 0.5) is 0 Å². The minimum absolute atomic E-state index is 0.787. The number of H-pyrrole nitrogens is 2. The molecule has 0 fully saturated rings. The molecule has 3 aromatic carbocycles. The SMILES string of the molecule is COc1cccc(-c2nc(-c3c[nH]c4ccc(Br)cc34)[nH]c2-c2cccc(OC)c2)c1. The van der Waals surface area contributed by atoms with E-state index in [9.17, 15) is 0 Å². The molecule has 5 rings (SSSR count). The van der Waals surface area contributed by atoms with Gasteiger partial charge in [0.15, 0.2) is 0 Å². The first-order chi connectivity index (χ1) is 15.2. The van der Waals surface area contributed by atoms with E-state index in [0.29, 0.717) is 0 Å². The standard InChI is InChI=1S/C25H20BrN3O2/c1-30-18-7-3-5-15(11-18)23-24(16-6-4-8-19(12-16)31-2)29-25(28-23)21-14-27-22-10-9-17(26)13-20(21)22/h3-14,27H,1-2H3,(H,28,29). The molecule has 0 aliphatic rings. The Kier molecular flexibility index (Phi) is 5.00. The fourth-order valence-electron chi connectivity index (χ4n) is 3.76. The minimum atomic E-state index is 0.787. The quantitative estimate of drug-likeness (QED) is 0.299. The summed E-state index contributed by atoms with van der Waals surface area (Å²) in [5, 5.41) is 1.09. The number of fused-ring (bicyclic) bond motifs is 1. The van der Waals surface area contributed by atoms with Gasteiger partial charge < -0.3 is 19.4 Å². The molecular formula is C25H20BrN3O2. The van der Waals surface area contributed by atoms with E-state index in [1.54, 1.807) is 14.2 Å². The van der Waals surface area contributed by atoms with E-state index in [1.807, 2.05) is 54.7 Å². The molecule has 0 saturated carbocycles. The summed E-state index contributed by atoms with van der Waals surface area (Å²) in [7, 11) is 3.34. The molecule has 0 bridgehead atoms. The van der Waals surface area contributed by atoms with Gasteiger partial charge in [-0.15, -0.1) is 0 Å². The van der Waals surface area contributed by atoms with E-state index >= 15 is 0 Å². The van der Waals surface area contributed by atoms with Crippen molar-refractivity contribution >= 4 is 26.8 Å². The minimum Gasteiger partial charge on any atom is -0.497 e. The molecule has 5 aromatic rings. The van der Waals surface area contributed by atoms with Gasteiger partial charge in [-0.1, -0.05) is 40.2 Å². The van der Waals surface area contributed by atoms with Crippen molar-refractivity contribution < 1.29 is 9.47 Å². The van der Waals surface area contributed by atoms with Crippen molar-refractivity contribution in [1.29, 1.82) is 0 Å². The lowest BCUT2D eigenvalue weighted by Crippen LogP contribution is -1.88. The summed E-state index contributed by atoms with van der Waals surface area (Å²) < 4.78 is 11.9. The third-order valence-electron chi connectivity index (χ3n) is 5.30. The second kappa shape index (κ2) is 7.96. The smallest absolute Gasteiger partial charge is 0.140 e. The number of methoxy groups -OCH3 is 2. The maximum absolute atomic E-state index is 5.44. The largest absolute Gasteiger partial charge is 0.497 e. The van der Waals surface area contributed by atoms with Gasteiger partial charge in [0, 0.05) is 38.3 Å². The summed E-state index contributed by atoms with van der Waals surface area (Å²) in [4.78, 5) is 11.9. The maximum Gasteiger partial charge on any atom is 0.140 e. The summed E-state index contributed by atoms with van der Waals surface area (Å²) >= 11 is 3.58. The summed E-state index contributed by atoms with van der Waals surface area (Å²) in [6.07, 6.45) is 1.99. The van der Waals surface area contributed by atoms with Crippen molar-refractivity contribution in [3.05, 3.63) is 77.4 Å². The molecule has 0 radical (unpaired) electrons. The zero-order valence-electron chi connectivity index (χ0n) is 17.1. The van der Waals surface area contributed by atoms with Gasteiger partial charge in [-0.25, -0.2) is 4.98 Å². The molecule has 0 unspecified atom stereocenters. The van der Waals surface area contributed by atoms with Gasteiger partial charge in [0.05, 0.1) is 25.6 Å². The number of benzene rings is 3. The van der Waals surface area contributed by atoms with Crippen molar-refractivity contribution in [1.82, 2.24) is 15.0 Å². The van der Waals surface area contributed by atoms with Crippen LogP contribution in [-0.2, 0) is 0 Å². The van der Waals surface area contributed by atoms with Gasteiger partial charge in [-0.2, -0.15) is 0 Å². The average Bonchev–Trinajstić information content (AvgIpc) is 3.43. The Morgan fingerprint density at radius 1 is 0.839 bits per heavy atom. The molecule has 6 heteroatoms. The number of nitrogens with zero attached hydrogens (tertiary/aromatic N) is 1. The van der Waals surface area contributed by atoms with Crippen LogP contribution in [0.2, 0.25) is 0 Å². The Hall–Kier alpha value is -3.51. The van der Waals surface area contributed by atoms with Crippen molar-refractivity contribution in [3.8, 4) is 45.4 Å². The van der Waals surface area contributed by atoms with Crippen LogP contribution in [-0.4, -0.2) is 29.2 Å². The van der Waals surface area contributed by atoms with Gasteiger partial charge in [-0.3, -0.25) is 0 Å². The first kappa shape index (κ1) is 19.5. The van der Waals surface area contributed by atoms with Crippen LogP contribution >= 0.6 is 15.9 Å². The van der Waals surface area contributed by atoms with Gasteiger partial charge in [0.25, 0.3) is 0 Å². The zero-order chi connectivity index (χ0) is 21.4. The first-order valence-corrected chi connectivity index (χ1v) is 10.6. The topological polar surface area (TPSA) is 62.9 Å². The number of hydrogen-bond acceptors (Lipinski definition) is 3. The van der Waals surface area contributed by atoms with Gasteiger partial charge in [-0.05, 0) is 42.5 Å². The molecule has 154 valence electrons. The summed E-state index contributed by atoms with van der Waals surface area (Å²) in [5.41, 5.74) is 5.81. The number of hydrogen-bond donors (Lipinski definition) is 2. The molecule has 31 heavy (non-hydrogen) atoms. The Morgan fingerprint density at radius 2 is 1.55 bits per heavy atom. The van der Waals surface area contributed by atoms with Crippen LogP contribution in [0.5, 0.6) is 11.5 Å². The average molecular weight is 474 g/mol. The van der Waals surface area contributed by atoms with Crippen LogP contribution < -0.4 is 9.47 Å². The number of ether oxygens (including phenoxy) is 2. The molecule has 2 heterocycles. The monoisotopic (exact) mass is 473 g/mol. The van der Waals surface area contributed by atoms with Crippen LogP contribution in [0.25, 0.3) is 44.8 Å². The number of aromatic amines is 2. The molecule has 0 atom stereocenters. The Labute approximate surface area is 188 Å². The van der Waals surface area contributed by atoms with E-state index in [2.05, 4.69) is 44.1 Å². The predicted octanol–water partition coefficient (Wildman–Crippen LogP) is 6.67. The highest BCUT2D eigenvalue weighted by Crippen LogP contribution is 2.37. The Balaban J connectivity index is 1.74. The van der Waals surface area contributed by atoms with E-state index in [0.717, 1.165) is 60.8 Å².